The Hall–Kier alpha value is -3.35. The molecule has 0 aliphatic heterocycles. The van der Waals surface area contributed by atoms with E-state index < -0.39 is 36.0 Å². The summed E-state index contributed by atoms with van der Waals surface area (Å²) < 4.78 is 5.55. The van der Waals surface area contributed by atoms with Crippen molar-refractivity contribution >= 4 is 18.0 Å². The highest BCUT2D eigenvalue weighted by Gasteiger charge is 2.31. The second-order valence-electron chi connectivity index (χ2n) is 10.2. The SMILES string of the molecule is CC(NC(=O)OCC1c2ccccc2-c2ccccc21)C(C)C(=O)NC(CC(C)(C)C)C(=O)O. The third kappa shape index (κ3) is 5.95. The smallest absolute Gasteiger partial charge is 0.407 e. The van der Waals surface area contributed by atoms with Crippen LogP contribution in [0.15, 0.2) is 48.5 Å². The molecule has 3 rings (SSSR count). The average molecular weight is 467 g/mol. The van der Waals surface area contributed by atoms with Crippen molar-refractivity contribution in [2.75, 3.05) is 6.61 Å². The van der Waals surface area contributed by atoms with Gasteiger partial charge in [-0.15, -0.1) is 0 Å². The highest BCUT2D eigenvalue weighted by Crippen LogP contribution is 2.44. The molecule has 0 bridgehead atoms. The van der Waals surface area contributed by atoms with Crippen LogP contribution in [0.2, 0.25) is 0 Å². The number of alkyl carbamates (subject to hydrolysis) is 1. The van der Waals surface area contributed by atoms with E-state index in [1.807, 2.05) is 57.2 Å². The van der Waals surface area contributed by atoms with Gasteiger partial charge in [0.2, 0.25) is 5.91 Å². The minimum absolute atomic E-state index is 0.0529. The molecule has 3 N–H and O–H groups in total. The van der Waals surface area contributed by atoms with Crippen LogP contribution >= 0.6 is 0 Å². The quantitative estimate of drug-likeness (QED) is 0.529. The Bertz CT molecular complexity index is 1010. The first-order chi connectivity index (χ1) is 16.0. The van der Waals surface area contributed by atoms with Crippen LogP contribution in [0.1, 0.15) is 58.1 Å². The number of ether oxygens (including phenoxy) is 1. The molecular weight excluding hydrogens is 432 g/mol. The van der Waals surface area contributed by atoms with E-state index in [4.69, 9.17) is 4.74 Å². The summed E-state index contributed by atoms with van der Waals surface area (Å²) in [7, 11) is 0. The van der Waals surface area contributed by atoms with E-state index in [9.17, 15) is 19.5 Å². The van der Waals surface area contributed by atoms with Gasteiger partial charge in [-0.05, 0) is 41.0 Å². The van der Waals surface area contributed by atoms with Crippen molar-refractivity contribution in [1.82, 2.24) is 10.6 Å². The minimum Gasteiger partial charge on any atom is -0.480 e. The zero-order valence-electron chi connectivity index (χ0n) is 20.4. The van der Waals surface area contributed by atoms with Crippen molar-refractivity contribution < 1.29 is 24.2 Å². The molecule has 0 saturated carbocycles. The van der Waals surface area contributed by atoms with Gasteiger partial charge in [-0.2, -0.15) is 0 Å². The van der Waals surface area contributed by atoms with Gasteiger partial charge in [0.1, 0.15) is 12.6 Å². The molecular formula is C27H34N2O5. The number of hydrogen-bond donors (Lipinski definition) is 3. The summed E-state index contributed by atoms with van der Waals surface area (Å²) in [5.41, 5.74) is 4.28. The molecule has 2 amide bonds. The Morgan fingerprint density at radius 2 is 1.47 bits per heavy atom. The van der Waals surface area contributed by atoms with Crippen molar-refractivity contribution in [3.63, 3.8) is 0 Å². The number of carbonyl (C=O) groups is 3. The van der Waals surface area contributed by atoms with E-state index in [0.29, 0.717) is 6.42 Å². The molecule has 1 aliphatic rings. The lowest BCUT2D eigenvalue weighted by molar-refractivity contribution is -0.143. The van der Waals surface area contributed by atoms with Crippen LogP contribution in [0.3, 0.4) is 0 Å². The van der Waals surface area contributed by atoms with Gasteiger partial charge >= 0.3 is 12.1 Å². The van der Waals surface area contributed by atoms with Crippen LogP contribution in [-0.2, 0) is 14.3 Å². The van der Waals surface area contributed by atoms with Gasteiger partial charge in [-0.25, -0.2) is 9.59 Å². The molecule has 0 radical (unpaired) electrons. The molecule has 2 aromatic carbocycles. The monoisotopic (exact) mass is 466 g/mol. The van der Waals surface area contributed by atoms with Crippen molar-refractivity contribution in [2.45, 2.75) is 59.0 Å². The molecule has 3 unspecified atom stereocenters. The number of rotatable bonds is 8. The first kappa shape index (κ1) is 25.3. The largest absolute Gasteiger partial charge is 0.480 e. The van der Waals surface area contributed by atoms with Crippen LogP contribution in [0, 0.1) is 11.3 Å². The lowest BCUT2D eigenvalue weighted by Gasteiger charge is -2.26. The molecule has 0 spiro atoms. The number of aliphatic carboxylic acids is 1. The van der Waals surface area contributed by atoms with E-state index in [1.54, 1.807) is 13.8 Å². The third-order valence-corrected chi connectivity index (χ3v) is 6.28. The third-order valence-electron chi connectivity index (χ3n) is 6.28. The molecule has 3 atom stereocenters. The molecule has 0 saturated heterocycles. The highest BCUT2D eigenvalue weighted by molar-refractivity contribution is 5.85. The number of carboxylic acids is 1. The maximum atomic E-state index is 12.6. The fourth-order valence-electron chi connectivity index (χ4n) is 4.29. The first-order valence-corrected chi connectivity index (χ1v) is 11.6. The lowest BCUT2D eigenvalue weighted by atomic mass is 9.87. The Kier molecular flexibility index (Phi) is 7.64. The Morgan fingerprint density at radius 1 is 0.941 bits per heavy atom. The predicted molar refractivity (Wildman–Crippen MR) is 130 cm³/mol. The Balaban J connectivity index is 1.57. The number of nitrogens with one attached hydrogen (secondary N) is 2. The fraction of sp³-hybridized carbons (Fsp3) is 0.444. The van der Waals surface area contributed by atoms with E-state index in [-0.39, 0.29) is 17.9 Å². The molecule has 1 aliphatic carbocycles. The van der Waals surface area contributed by atoms with Gasteiger partial charge in [0.05, 0.1) is 5.92 Å². The van der Waals surface area contributed by atoms with Gasteiger partial charge in [0.15, 0.2) is 0 Å². The van der Waals surface area contributed by atoms with Crippen molar-refractivity contribution in [2.24, 2.45) is 11.3 Å². The van der Waals surface area contributed by atoms with Gasteiger partial charge < -0.3 is 20.5 Å². The molecule has 0 aromatic heterocycles. The summed E-state index contributed by atoms with van der Waals surface area (Å²) in [5.74, 6) is -2.19. The molecule has 2 aromatic rings. The summed E-state index contributed by atoms with van der Waals surface area (Å²) in [6, 6.07) is 14.7. The lowest BCUT2D eigenvalue weighted by Crippen LogP contribution is -2.49. The van der Waals surface area contributed by atoms with Crippen molar-refractivity contribution in [1.29, 1.82) is 0 Å². The molecule has 0 heterocycles. The average Bonchev–Trinajstić information content (AvgIpc) is 3.09. The Labute approximate surface area is 200 Å². The molecule has 34 heavy (non-hydrogen) atoms. The minimum atomic E-state index is -1.08. The summed E-state index contributed by atoms with van der Waals surface area (Å²) in [6.45, 7) is 9.28. The molecule has 182 valence electrons. The second-order valence-corrected chi connectivity index (χ2v) is 10.2. The van der Waals surface area contributed by atoms with Crippen LogP contribution < -0.4 is 10.6 Å². The molecule has 7 heteroatoms. The number of carbonyl (C=O) groups excluding carboxylic acids is 2. The number of benzene rings is 2. The van der Waals surface area contributed by atoms with Crippen LogP contribution in [0.25, 0.3) is 11.1 Å². The number of carboxylic acid groups (broad SMARTS) is 1. The first-order valence-electron chi connectivity index (χ1n) is 11.6. The highest BCUT2D eigenvalue weighted by atomic mass is 16.5. The summed E-state index contributed by atoms with van der Waals surface area (Å²) in [6.07, 6.45) is -0.312. The maximum Gasteiger partial charge on any atom is 0.407 e. The van der Waals surface area contributed by atoms with E-state index in [0.717, 1.165) is 22.3 Å². The summed E-state index contributed by atoms with van der Waals surface area (Å²) in [5, 5.41) is 14.8. The fourth-order valence-corrected chi connectivity index (χ4v) is 4.29. The topological polar surface area (TPSA) is 105 Å². The summed E-state index contributed by atoms with van der Waals surface area (Å²) >= 11 is 0. The van der Waals surface area contributed by atoms with Crippen LogP contribution in [0.4, 0.5) is 4.79 Å². The number of hydrogen-bond acceptors (Lipinski definition) is 4. The Morgan fingerprint density at radius 3 is 1.97 bits per heavy atom. The normalized spacial score (nSPS) is 15.4. The maximum absolute atomic E-state index is 12.6. The van der Waals surface area contributed by atoms with Gasteiger partial charge in [0.25, 0.3) is 0 Å². The zero-order chi connectivity index (χ0) is 25.0. The predicted octanol–water partition coefficient (Wildman–Crippen LogP) is 4.56. The standard InChI is InChI=1S/C27H34N2O5/c1-16(24(30)29-23(25(31)32)14-27(3,4)5)17(2)28-26(33)34-15-22-20-12-8-6-10-18(20)19-11-7-9-13-21(19)22/h6-13,16-17,22-23H,14-15H2,1-5H3,(H,28,33)(H,29,30)(H,31,32). The van der Waals surface area contributed by atoms with E-state index >= 15 is 0 Å². The van der Waals surface area contributed by atoms with Crippen LogP contribution in [0.5, 0.6) is 0 Å². The van der Waals surface area contributed by atoms with Gasteiger partial charge in [0, 0.05) is 12.0 Å². The summed E-state index contributed by atoms with van der Waals surface area (Å²) in [4.78, 5) is 36.7. The van der Waals surface area contributed by atoms with E-state index in [1.165, 1.54) is 0 Å². The second kappa shape index (κ2) is 10.3. The van der Waals surface area contributed by atoms with E-state index in [2.05, 4.69) is 22.8 Å². The van der Waals surface area contributed by atoms with Gasteiger partial charge in [-0.3, -0.25) is 4.79 Å². The number of fused-ring (bicyclic) bond motifs is 3. The van der Waals surface area contributed by atoms with Crippen LogP contribution in [-0.4, -0.2) is 41.8 Å². The van der Waals surface area contributed by atoms with Crippen molar-refractivity contribution in [3.8, 4) is 11.1 Å². The van der Waals surface area contributed by atoms with Gasteiger partial charge in [-0.1, -0.05) is 76.2 Å². The molecule has 7 nitrogen and oxygen atoms in total. The number of amides is 2. The zero-order valence-corrected chi connectivity index (χ0v) is 20.4. The van der Waals surface area contributed by atoms with Crippen molar-refractivity contribution in [3.05, 3.63) is 59.7 Å². The molecule has 0 fully saturated rings.